The van der Waals surface area contributed by atoms with Gasteiger partial charge >= 0.3 is 5.97 Å². The summed E-state index contributed by atoms with van der Waals surface area (Å²) in [6.45, 7) is 4.24. The first kappa shape index (κ1) is 22.6. The van der Waals surface area contributed by atoms with E-state index in [0.717, 1.165) is 43.0 Å². The molecule has 3 aliphatic heterocycles. The zero-order chi connectivity index (χ0) is 20.9. The summed E-state index contributed by atoms with van der Waals surface area (Å²) >= 11 is 1.15. The second-order valence-electron chi connectivity index (χ2n) is 8.98. The van der Waals surface area contributed by atoms with Gasteiger partial charge in [-0.05, 0) is 38.5 Å². The molecule has 0 radical (unpaired) electrons. The average Bonchev–Trinajstić information content (AvgIpc) is 3.09. The molecule has 0 unspecified atom stereocenters. The van der Waals surface area contributed by atoms with Crippen molar-refractivity contribution in [3.63, 3.8) is 0 Å². The summed E-state index contributed by atoms with van der Waals surface area (Å²) < 4.78 is 11.9. The molecule has 5 atom stereocenters. The van der Waals surface area contributed by atoms with Gasteiger partial charge in [-0.2, -0.15) is 0 Å². The number of ether oxygens (including phenoxy) is 2. The Balaban J connectivity index is 1.72. The van der Waals surface area contributed by atoms with E-state index in [9.17, 15) is 14.7 Å². The predicted molar refractivity (Wildman–Crippen MR) is 114 cm³/mol. The lowest BCUT2D eigenvalue weighted by Gasteiger charge is -2.43. The minimum Gasteiger partial charge on any atom is -0.462 e. The van der Waals surface area contributed by atoms with Crippen LogP contribution in [-0.2, 0) is 14.3 Å². The van der Waals surface area contributed by atoms with Gasteiger partial charge < -0.3 is 19.9 Å². The molecule has 29 heavy (non-hydrogen) atoms. The first-order chi connectivity index (χ1) is 13.8. The van der Waals surface area contributed by atoms with Gasteiger partial charge in [-0.15, -0.1) is 0 Å². The summed E-state index contributed by atoms with van der Waals surface area (Å²) in [6, 6.07) is -0.478. The molecule has 0 saturated carbocycles. The lowest BCUT2D eigenvalue weighted by Crippen LogP contribution is -2.58. The number of rotatable bonds is 1. The summed E-state index contributed by atoms with van der Waals surface area (Å²) in [7, 11) is 0. The Morgan fingerprint density at radius 1 is 1.17 bits per heavy atom. The van der Waals surface area contributed by atoms with Crippen LogP contribution < -0.4 is 5.32 Å². The zero-order valence-electron chi connectivity index (χ0n) is 17.7. The van der Waals surface area contributed by atoms with Gasteiger partial charge in [-0.3, -0.25) is 9.59 Å². The van der Waals surface area contributed by atoms with E-state index in [1.807, 2.05) is 6.92 Å². The molecule has 3 aliphatic rings. The number of carbonyl (C=O) groups is 2. The van der Waals surface area contributed by atoms with Crippen LogP contribution in [0.25, 0.3) is 0 Å². The van der Waals surface area contributed by atoms with Crippen LogP contribution in [0.1, 0.15) is 78.1 Å². The number of thioether (sulfide) groups is 1. The molecule has 0 aliphatic carbocycles. The van der Waals surface area contributed by atoms with Crippen molar-refractivity contribution in [2.75, 3.05) is 5.75 Å². The second kappa shape index (κ2) is 10.3. The lowest BCUT2D eigenvalue weighted by molar-refractivity contribution is -0.284. The third-order valence-corrected chi connectivity index (χ3v) is 7.11. The van der Waals surface area contributed by atoms with Crippen LogP contribution in [-0.4, -0.2) is 46.1 Å². The molecule has 2 bridgehead atoms. The van der Waals surface area contributed by atoms with E-state index in [1.54, 1.807) is 0 Å². The highest BCUT2D eigenvalue weighted by Gasteiger charge is 2.49. The van der Waals surface area contributed by atoms with Crippen molar-refractivity contribution in [1.82, 2.24) is 5.32 Å². The maximum atomic E-state index is 12.5. The maximum Gasteiger partial charge on any atom is 0.310 e. The van der Waals surface area contributed by atoms with Crippen molar-refractivity contribution in [1.29, 1.82) is 0 Å². The summed E-state index contributed by atoms with van der Waals surface area (Å²) in [5.41, 5.74) is 1.04. The minimum absolute atomic E-state index is 0.147. The summed E-state index contributed by atoms with van der Waals surface area (Å²) in [4.78, 5) is 24.1. The van der Waals surface area contributed by atoms with E-state index < -0.39 is 17.9 Å². The largest absolute Gasteiger partial charge is 0.462 e. The van der Waals surface area contributed by atoms with Crippen molar-refractivity contribution in [3.8, 4) is 0 Å². The monoisotopic (exact) mass is 425 g/mol. The molecule has 2 N–H and O–H groups in total. The quantitative estimate of drug-likeness (QED) is 0.481. The van der Waals surface area contributed by atoms with E-state index in [4.69, 9.17) is 9.47 Å². The number of esters is 1. The van der Waals surface area contributed by atoms with Crippen LogP contribution >= 0.6 is 11.8 Å². The summed E-state index contributed by atoms with van der Waals surface area (Å²) in [6.07, 6.45) is 10.3. The van der Waals surface area contributed by atoms with Gasteiger partial charge in [0.15, 0.2) is 5.79 Å². The first-order valence-corrected chi connectivity index (χ1v) is 12.0. The maximum absolute atomic E-state index is 12.5. The van der Waals surface area contributed by atoms with Gasteiger partial charge in [0.05, 0.1) is 18.6 Å². The normalized spacial score (nSPS) is 39.9. The van der Waals surface area contributed by atoms with Gasteiger partial charge in [-0.25, -0.2) is 0 Å². The van der Waals surface area contributed by atoms with E-state index in [0.29, 0.717) is 18.1 Å². The average molecular weight is 426 g/mol. The van der Waals surface area contributed by atoms with Crippen molar-refractivity contribution in [2.45, 2.75) is 102 Å². The van der Waals surface area contributed by atoms with Crippen LogP contribution in [0, 0.1) is 5.92 Å². The Bertz CT molecular complexity index is 624. The van der Waals surface area contributed by atoms with E-state index in [2.05, 4.69) is 18.3 Å². The van der Waals surface area contributed by atoms with E-state index in [-0.39, 0.29) is 30.2 Å². The molecule has 164 valence electrons. The zero-order valence-corrected chi connectivity index (χ0v) is 18.5. The van der Waals surface area contributed by atoms with Gasteiger partial charge in [0.1, 0.15) is 6.10 Å². The van der Waals surface area contributed by atoms with Crippen LogP contribution in [0.2, 0.25) is 0 Å². The molecule has 2 fully saturated rings. The summed E-state index contributed by atoms with van der Waals surface area (Å²) in [5, 5.41) is 13.9. The van der Waals surface area contributed by atoms with Crippen molar-refractivity contribution >= 4 is 23.0 Å². The SMILES string of the molecule is C/C1=C\CCCCC[C@@H](C)CC[C@@H]2C[C@H](C[C@](O)([C@@H]3CSC(=O)N3)O2)OC(=O)C1. The molecule has 0 aromatic heterocycles. The smallest absolute Gasteiger partial charge is 0.310 e. The molecular weight excluding hydrogens is 390 g/mol. The Morgan fingerprint density at radius 3 is 2.76 bits per heavy atom. The van der Waals surface area contributed by atoms with Crippen molar-refractivity contribution in [2.24, 2.45) is 5.92 Å². The summed E-state index contributed by atoms with van der Waals surface area (Å²) in [5.74, 6) is -0.688. The predicted octanol–water partition coefficient (Wildman–Crippen LogP) is 4.31. The fourth-order valence-electron chi connectivity index (χ4n) is 4.51. The molecule has 0 aromatic rings. The molecule has 3 heterocycles. The molecule has 0 spiro atoms. The van der Waals surface area contributed by atoms with E-state index >= 15 is 0 Å². The van der Waals surface area contributed by atoms with E-state index in [1.165, 1.54) is 19.3 Å². The standard InChI is InChI=1S/C22H35NO5S/c1-15-7-5-3-4-6-8-16(2)11-20(24)27-18-12-17(10-9-15)28-22(26,13-18)19-14-29-21(25)23-19/h8,15,17-19,26H,3-7,9-14H2,1-2H3,(H,23,25)/b16-8+/t15-,17-,18-,19+,22-/m1/s1. The minimum atomic E-state index is -1.49. The number of fused-ring (bicyclic) bond motifs is 2. The topological polar surface area (TPSA) is 84.9 Å². The highest BCUT2D eigenvalue weighted by Crippen LogP contribution is 2.37. The molecule has 0 aromatic carbocycles. The van der Waals surface area contributed by atoms with Crippen LogP contribution in [0.3, 0.4) is 0 Å². The fraction of sp³-hybridized carbons (Fsp3) is 0.818. The van der Waals surface area contributed by atoms with Crippen LogP contribution in [0.4, 0.5) is 4.79 Å². The second-order valence-corrected chi connectivity index (χ2v) is 9.97. The number of carbonyl (C=O) groups excluding carboxylic acids is 2. The Kier molecular flexibility index (Phi) is 8.05. The molecule has 7 heteroatoms. The number of hydrogen-bond donors (Lipinski definition) is 2. The Morgan fingerprint density at radius 2 is 2.00 bits per heavy atom. The Hall–Kier alpha value is -1.05. The van der Waals surface area contributed by atoms with Gasteiger partial charge in [-0.1, -0.05) is 49.6 Å². The highest BCUT2D eigenvalue weighted by atomic mass is 32.2. The van der Waals surface area contributed by atoms with Crippen molar-refractivity contribution < 1.29 is 24.2 Å². The van der Waals surface area contributed by atoms with Gasteiger partial charge in [0, 0.05) is 18.6 Å². The third-order valence-electron chi connectivity index (χ3n) is 6.23. The molecule has 3 rings (SSSR count). The highest BCUT2D eigenvalue weighted by molar-refractivity contribution is 8.14. The molecule has 2 saturated heterocycles. The van der Waals surface area contributed by atoms with Gasteiger partial charge in [0.25, 0.3) is 5.24 Å². The van der Waals surface area contributed by atoms with Crippen molar-refractivity contribution in [3.05, 3.63) is 11.6 Å². The number of aliphatic hydroxyl groups is 1. The molecular formula is C22H35NO5S. The van der Waals surface area contributed by atoms with Crippen LogP contribution in [0.15, 0.2) is 11.6 Å². The fourth-order valence-corrected chi connectivity index (χ4v) is 5.40. The lowest BCUT2D eigenvalue weighted by atomic mass is 9.89. The van der Waals surface area contributed by atoms with Gasteiger partial charge in [0.2, 0.25) is 0 Å². The Labute approximate surface area is 178 Å². The molecule has 6 nitrogen and oxygen atoms in total. The third kappa shape index (κ3) is 6.72. The number of nitrogens with one attached hydrogen (secondary N) is 1. The number of hydrogen-bond acceptors (Lipinski definition) is 6. The molecule has 1 amide bonds. The number of allylic oxidation sites excluding steroid dienone is 1. The number of amides is 1. The first-order valence-electron chi connectivity index (χ1n) is 11.0. The van der Waals surface area contributed by atoms with Crippen LogP contribution in [0.5, 0.6) is 0 Å².